The van der Waals surface area contributed by atoms with Gasteiger partial charge < -0.3 is 19.5 Å². The molecule has 36 heavy (non-hydrogen) atoms. The molecule has 0 unspecified atom stereocenters. The molecule has 0 aliphatic heterocycles. The summed E-state index contributed by atoms with van der Waals surface area (Å²) in [5.41, 5.74) is 1.68. The second kappa shape index (κ2) is 11.7. The molecule has 1 N–H and O–H groups in total. The van der Waals surface area contributed by atoms with Gasteiger partial charge in [-0.1, -0.05) is 53.3 Å². The largest absolute Gasteiger partial charge is 0.492 e. The number of halogens is 1. The van der Waals surface area contributed by atoms with Crippen LogP contribution in [0.4, 0.5) is 9.93 Å². The lowest BCUT2D eigenvalue weighted by Gasteiger charge is -2.21. The van der Waals surface area contributed by atoms with E-state index in [2.05, 4.69) is 4.98 Å². The van der Waals surface area contributed by atoms with Crippen molar-refractivity contribution in [2.45, 2.75) is 6.54 Å². The summed E-state index contributed by atoms with van der Waals surface area (Å²) in [7, 11) is 1.97. The zero-order valence-corrected chi connectivity index (χ0v) is 21.0. The summed E-state index contributed by atoms with van der Waals surface area (Å²) in [5, 5.41) is 10.6. The fourth-order valence-electron chi connectivity index (χ4n) is 3.42. The van der Waals surface area contributed by atoms with Gasteiger partial charge in [-0.25, -0.2) is 9.78 Å². The van der Waals surface area contributed by atoms with Crippen molar-refractivity contribution in [1.29, 1.82) is 0 Å². The summed E-state index contributed by atoms with van der Waals surface area (Å²) in [4.78, 5) is 31.8. The Morgan fingerprint density at radius 3 is 2.58 bits per heavy atom. The van der Waals surface area contributed by atoms with E-state index in [0.29, 0.717) is 29.5 Å². The number of thiazole rings is 1. The van der Waals surface area contributed by atoms with Gasteiger partial charge in [0.1, 0.15) is 24.7 Å². The SMILES string of the molecule is CN(CCOc1cccc(CN(CC(=O)O)C(=O)Oc2cccc(Cl)c2)c1)c1nc2ccccc2s1. The third-order valence-corrected chi connectivity index (χ3v) is 6.55. The summed E-state index contributed by atoms with van der Waals surface area (Å²) in [6, 6.07) is 21.5. The van der Waals surface area contributed by atoms with Crippen LogP contribution in [-0.4, -0.2) is 53.8 Å². The standard InChI is InChI=1S/C26H24ClN3O5S/c1-29(25-28-22-10-2-3-11-23(22)36-25)12-13-34-20-8-4-6-18(14-20)16-30(17-24(31)32)26(33)35-21-9-5-7-19(27)15-21/h2-11,14-15H,12-13,16-17H2,1H3,(H,31,32). The van der Waals surface area contributed by atoms with Crippen molar-refractivity contribution in [3.05, 3.63) is 83.4 Å². The fourth-order valence-corrected chi connectivity index (χ4v) is 4.55. The van der Waals surface area contributed by atoms with E-state index >= 15 is 0 Å². The van der Waals surface area contributed by atoms with Crippen molar-refractivity contribution >= 4 is 50.3 Å². The predicted molar refractivity (Wildman–Crippen MR) is 140 cm³/mol. The number of aromatic nitrogens is 1. The molecule has 1 aromatic heterocycles. The number of carboxylic acid groups (broad SMARTS) is 1. The summed E-state index contributed by atoms with van der Waals surface area (Å²) >= 11 is 7.56. The molecule has 0 bridgehead atoms. The number of ether oxygens (including phenoxy) is 2. The zero-order valence-electron chi connectivity index (χ0n) is 19.5. The topological polar surface area (TPSA) is 92.2 Å². The normalized spacial score (nSPS) is 10.7. The van der Waals surface area contributed by atoms with Crippen LogP contribution >= 0.6 is 22.9 Å². The van der Waals surface area contributed by atoms with Crippen molar-refractivity contribution < 1.29 is 24.2 Å². The van der Waals surface area contributed by atoms with Gasteiger partial charge in [0.05, 0.1) is 16.8 Å². The van der Waals surface area contributed by atoms with E-state index < -0.39 is 18.6 Å². The first-order valence-corrected chi connectivity index (χ1v) is 12.3. The monoisotopic (exact) mass is 525 g/mol. The Kier molecular flexibility index (Phi) is 8.24. The van der Waals surface area contributed by atoms with Crippen LogP contribution in [0.5, 0.6) is 11.5 Å². The first-order chi connectivity index (χ1) is 17.4. The third kappa shape index (κ3) is 6.87. The first kappa shape index (κ1) is 25.3. The molecule has 0 radical (unpaired) electrons. The van der Waals surface area contributed by atoms with Crippen LogP contribution in [0.1, 0.15) is 5.56 Å². The number of amides is 1. The average molecular weight is 526 g/mol. The number of benzene rings is 3. The van der Waals surface area contributed by atoms with E-state index in [1.54, 1.807) is 47.7 Å². The number of fused-ring (bicyclic) bond motifs is 1. The van der Waals surface area contributed by atoms with Gasteiger partial charge in [0.25, 0.3) is 0 Å². The maximum absolute atomic E-state index is 12.7. The Morgan fingerprint density at radius 1 is 1.03 bits per heavy atom. The minimum Gasteiger partial charge on any atom is -0.492 e. The maximum Gasteiger partial charge on any atom is 0.416 e. The molecule has 10 heteroatoms. The number of para-hydroxylation sites is 1. The number of hydrogen-bond donors (Lipinski definition) is 1. The molecule has 0 aliphatic rings. The quantitative estimate of drug-likeness (QED) is 0.290. The van der Waals surface area contributed by atoms with Gasteiger partial charge >= 0.3 is 12.1 Å². The highest BCUT2D eigenvalue weighted by atomic mass is 35.5. The summed E-state index contributed by atoms with van der Waals surface area (Å²) in [6.07, 6.45) is -0.788. The van der Waals surface area contributed by atoms with Gasteiger partial charge in [0, 0.05) is 18.6 Å². The predicted octanol–water partition coefficient (Wildman–Crippen LogP) is 5.55. The number of likely N-dealkylation sites (N-methyl/N-ethyl adjacent to an activating group) is 1. The minimum atomic E-state index is -1.15. The highest BCUT2D eigenvalue weighted by molar-refractivity contribution is 7.22. The van der Waals surface area contributed by atoms with Crippen molar-refractivity contribution in [1.82, 2.24) is 9.88 Å². The second-order valence-corrected chi connectivity index (χ2v) is 9.40. The van der Waals surface area contributed by atoms with Crippen molar-refractivity contribution in [3.63, 3.8) is 0 Å². The van der Waals surface area contributed by atoms with Gasteiger partial charge in [-0.05, 0) is 48.0 Å². The molecule has 4 aromatic rings. The molecule has 186 valence electrons. The maximum atomic E-state index is 12.7. The molecule has 3 aromatic carbocycles. The van der Waals surface area contributed by atoms with E-state index in [9.17, 15) is 14.7 Å². The van der Waals surface area contributed by atoms with Crippen LogP contribution in [-0.2, 0) is 11.3 Å². The van der Waals surface area contributed by atoms with Crippen LogP contribution in [0.25, 0.3) is 10.2 Å². The van der Waals surface area contributed by atoms with Gasteiger partial charge in [-0.2, -0.15) is 0 Å². The van der Waals surface area contributed by atoms with Gasteiger partial charge in [-0.15, -0.1) is 0 Å². The lowest BCUT2D eigenvalue weighted by Crippen LogP contribution is -2.37. The number of carbonyl (C=O) groups excluding carboxylic acids is 1. The molecule has 0 fully saturated rings. The number of hydrogen-bond acceptors (Lipinski definition) is 7. The van der Waals surface area contributed by atoms with Crippen molar-refractivity contribution in [3.8, 4) is 11.5 Å². The molecule has 4 rings (SSSR count). The Morgan fingerprint density at radius 2 is 1.81 bits per heavy atom. The molecule has 0 atom stereocenters. The lowest BCUT2D eigenvalue weighted by atomic mass is 10.2. The van der Waals surface area contributed by atoms with E-state index in [1.807, 2.05) is 42.3 Å². The molecular formula is C26H24ClN3O5S. The van der Waals surface area contributed by atoms with Crippen LogP contribution in [0.3, 0.4) is 0 Å². The molecule has 0 saturated carbocycles. The Bertz CT molecular complexity index is 1330. The third-order valence-electron chi connectivity index (χ3n) is 5.16. The van der Waals surface area contributed by atoms with Crippen LogP contribution in [0.15, 0.2) is 72.8 Å². The van der Waals surface area contributed by atoms with Gasteiger partial charge in [0.15, 0.2) is 5.13 Å². The number of aliphatic carboxylic acids is 1. The van der Waals surface area contributed by atoms with Crippen LogP contribution in [0, 0.1) is 0 Å². The summed E-state index contributed by atoms with van der Waals surface area (Å²) < 4.78 is 12.4. The molecule has 1 amide bonds. The molecule has 0 saturated heterocycles. The Hall–Kier alpha value is -3.82. The highest BCUT2D eigenvalue weighted by Crippen LogP contribution is 2.27. The Balaban J connectivity index is 1.35. The second-order valence-electron chi connectivity index (χ2n) is 7.96. The van der Waals surface area contributed by atoms with Crippen LogP contribution < -0.4 is 14.4 Å². The molecule has 1 heterocycles. The number of rotatable bonds is 10. The van der Waals surface area contributed by atoms with E-state index in [4.69, 9.17) is 21.1 Å². The fraction of sp³-hybridized carbons (Fsp3) is 0.192. The van der Waals surface area contributed by atoms with E-state index in [0.717, 1.165) is 20.2 Å². The number of anilines is 1. The summed E-state index contributed by atoms with van der Waals surface area (Å²) in [6.45, 7) is 0.568. The number of nitrogens with zero attached hydrogens (tertiary/aromatic N) is 3. The molecule has 8 nitrogen and oxygen atoms in total. The first-order valence-electron chi connectivity index (χ1n) is 11.1. The van der Waals surface area contributed by atoms with Crippen LogP contribution in [0.2, 0.25) is 5.02 Å². The summed E-state index contributed by atoms with van der Waals surface area (Å²) in [5.74, 6) is -0.302. The number of carboxylic acids is 1. The van der Waals surface area contributed by atoms with Gasteiger partial charge in [0.2, 0.25) is 0 Å². The molecular weight excluding hydrogens is 502 g/mol. The number of carbonyl (C=O) groups is 2. The molecule has 0 aliphatic carbocycles. The van der Waals surface area contributed by atoms with Crippen molar-refractivity contribution in [2.75, 3.05) is 31.6 Å². The van der Waals surface area contributed by atoms with E-state index in [1.165, 1.54) is 6.07 Å². The zero-order chi connectivity index (χ0) is 25.5. The molecule has 0 spiro atoms. The highest BCUT2D eigenvalue weighted by Gasteiger charge is 2.20. The lowest BCUT2D eigenvalue weighted by molar-refractivity contribution is -0.138. The average Bonchev–Trinajstić information content (AvgIpc) is 3.28. The van der Waals surface area contributed by atoms with Gasteiger partial charge in [-0.3, -0.25) is 9.69 Å². The van der Waals surface area contributed by atoms with E-state index in [-0.39, 0.29) is 12.3 Å². The smallest absolute Gasteiger partial charge is 0.416 e. The minimum absolute atomic E-state index is 0.0362. The van der Waals surface area contributed by atoms with Crippen molar-refractivity contribution in [2.24, 2.45) is 0 Å². The Labute approximate surface area is 217 Å².